The number of nitrogens with zero attached hydrogens (tertiary/aromatic N) is 1. The Labute approximate surface area is 171 Å². The highest BCUT2D eigenvalue weighted by atomic mass is 19.4. The quantitative estimate of drug-likeness (QED) is 0.649. The number of carboxylic acids is 1. The Bertz CT molecular complexity index is 879. The molecule has 1 atom stereocenters. The summed E-state index contributed by atoms with van der Waals surface area (Å²) >= 11 is 0. The number of methoxy groups -OCH3 is 1. The Morgan fingerprint density at radius 2 is 1.97 bits per heavy atom. The van der Waals surface area contributed by atoms with E-state index in [-0.39, 0.29) is 12.2 Å². The van der Waals surface area contributed by atoms with Gasteiger partial charge in [0.15, 0.2) is 0 Å². The molecule has 0 saturated heterocycles. The van der Waals surface area contributed by atoms with Gasteiger partial charge < -0.3 is 19.3 Å². The molecule has 0 spiro atoms. The zero-order valence-corrected chi connectivity index (χ0v) is 16.5. The first kappa shape index (κ1) is 21.9. The molecule has 0 amide bonds. The van der Waals surface area contributed by atoms with Gasteiger partial charge in [-0.2, -0.15) is 13.2 Å². The van der Waals surface area contributed by atoms with Crippen LogP contribution in [0, 0.1) is 0 Å². The third-order valence-electron chi connectivity index (χ3n) is 4.95. The lowest BCUT2D eigenvalue weighted by Gasteiger charge is -2.34. The molecular weight excluding hydrogens is 403 g/mol. The smallest absolute Gasteiger partial charge is 0.419 e. The lowest BCUT2D eigenvalue weighted by atomic mass is 9.92. The van der Waals surface area contributed by atoms with Crippen LogP contribution in [0.4, 0.5) is 13.2 Å². The van der Waals surface area contributed by atoms with Crippen LogP contribution in [0.5, 0.6) is 11.5 Å². The van der Waals surface area contributed by atoms with Gasteiger partial charge in [-0.1, -0.05) is 6.92 Å². The number of alkyl halides is 3. The summed E-state index contributed by atoms with van der Waals surface area (Å²) in [7, 11) is 1.65. The summed E-state index contributed by atoms with van der Waals surface area (Å²) in [5.41, 5.74) is -1.16. The number of carbonyl (C=O) groups is 1. The Balaban J connectivity index is 1.74. The van der Waals surface area contributed by atoms with Gasteiger partial charge in [0, 0.05) is 20.0 Å². The van der Waals surface area contributed by atoms with Gasteiger partial charge in [-0.25, -0.2) is 4.79 Å². The first-order valence-corrected chi connectivity index (χ1v) is 9.47. The predicted octanol–water partition coefficient (Wildman–Crippen LogP) is 4.88. The van der Waals surface area contributed by atoms with Crippen molar-refractivity contribution in [3.05, 3.63) is 53.3 Å². The Hall–Kier alpha value is -2.81. The summed E-state index contributed by atoms with van der Waals surface area (Å²) < 4.78 is 56.8. The minimum absolute atomic E-state index is 0.0583. The van der Waals surface area contributed by atoms with Crippen LogP contribution in [-0.2, 0) is 10.9 Å². The van der Waals surface area contributed by atoms with Crippen molar-refractivity contribution < 1.29 is 37.3 Å². The van der Waals surface area contributed by atoms with Gasteiger partial charge in [0.25, 0.3) is 0 Å². The van der Waals surface area contributed by atoms with Gasteiger partial charge in [-0.05, 0) is 36.8 Å². The molecule has 30 heavy (non-hydrogen) atoms. The monoisotopic (exact) mass is 425 g/mol. The average molecular weight is 425 g/mol. The number of rotatable bonds is 8. The maximum Gasteiger partial charge on any atom is 0.419 e. The Morgan fingerprint density at radius 3 is 2.50 bits per heavy atom. The zero-order chi connectivity index (χ0) is 21.9. The average Bonchev–Trinajstić information content (AvgIpc) is 2.68. The molecule has 1 fully saturated rings. The van der Waals surface area contributed by atoms with Crippen molar-refractivity contribution in [1.82, 2.24) is 4.98 Å². The summed E-state index contributed by atoms with van der Waals surface area (Å²) in [6.45, 7) is 1.76. The lowest BCUT2D eigenvalue weighted by molar-refractivity contribution is -0.139. The number of aromatic carboxylic acids is 1. The van der Waals surface area contributed by atoms with Crippen LogP contribution in [0.1, 0.15) is 53.9 Å². The molecule has 1 saturated carbocycles. The number of ether oxygens (including phenoxy) is 3. The zero-order valence-electron chi connectivity index (χ0n) is 16.5. The first-order chi connectivity index (χ1) is 14.2. The van der Waals surface area contributed by atoms with Crippen molar-refractivity contribution in [3.8, 4) is 11.5 Å². The molecule has 3 rings (SSSR count). The van der Waals surface area contributed by atoms with Crippen molar-refractivity contribution in [2.24, 2.45) is 0 Å². The number of benzene rings is 1. The molecular formula is C21H22F3NO5. The molecule has 6 nitrogen and oxygen atoms in total. The van der Waals surface area contributed by atoms with Crippen LogP contribution in [0.25, 0.3) is 0 Å². The Kier molecular flexibility index (Phi) is 6.50. The molecule has 1 heterocycles. The van der Waals surface area contributed by atoms with E-state index >= 15 is 0 Å². The van der Waals surface area contributed by atoms with Crippen molar-refractivity contribution in [2.45, 2.75) is 50.7 Å². The molecule has 0 radical (unpaired) electrons. The number of carboxylic acid groups (broad SMARTS) is 1. The van der Waals surface area contributed by atoms with Crippen molar-refractivity contribution >= 4 is 5.97 Å². The van der Waals surface area contributed by atoms with Crippen LogP contribution >= 0.6 is 0 Å². The summed E-state index contributed by atoms with van der Waals surface area (Å²) in [6.07, 6.45) is -1.76. The van der Waals surface area contributed by atoms with Crippen molar-refractivity contribution in [2.75, 3.05) is 7.11 Å². The highest BCUT2D eigenvalue weighted by Crippen LogP contribution is 2.39. The second-order valence-corrected chi connectivity index (χ2v) is 7.02. The van der Waals surface area contributed by atoms with Gasteiger partial charge in [-0.3, -0.25) is 4.98 Å². The number of halogens is 3. The highest BCUT2D eigenvalue weighted by Gasteiger charge is 2.36. The normalized spacial score (nSPS) is 19.6. The largest absolute Gasteiger partial charge is 0.489 e. The highest BCUT2D eigenvalue weighted by molar-refractivity contribution is 5.88. The summed E-state index contributed by atoms with van der Waals surface area (Å²) in [4.78, 5) is 15.3. The van der Waals surface area contributed by atoms with Gasteiger partial charge in [0.1, 0.15) is 23.7 Å². The number of hydrogen-bond donors (Lipinski definition) is 1. The minimum Gasteiger partial charge on any atom is -0.489 e. The molecule has 1 N–H and O–H groups in total. The number of aromatic nitrogens is 1. The maximum atomic E-state index is 13.4. The van der Waals surface area contributed by atoms with Crippen molar-refractivity contribution in [1.29, 1.82) is 0 Å². The molecule has 9 heteroatoms. The topological polar surface area (TPSA) is 77.9 Å². The molecule has 0 aliphatic heterocycles. The maximum absolute atomic E-state index is 13.4. The summed E-state index contributed by atoms with van der Waals surface area (Å²) in [5, 5.41) is 8.97. The van der Waals surface area contributed by atoms with Gasteiger partial charge in [0.05, 0.1) is 29.1 Å². The predicted molar refractivity (Wildman–Crippen MR) is 101 cm³/mol. The van der Waals surface area contributed by atoms with Crippen LogP contribution in [0.3, 0.4) is 0 Å². The van der Waals surface area contributed by atoms with Crippen LogP contribution in [0.2, 0.25) is 0 Å². The van der Waals surface area contributed by atoms with E-state index in [1.54, 1.807) is 26.2 Å². The molecule has 1 aromatic heterocycles. The third kappa shape index (κ3) is 5.02. The fourth-order valence-electron chi connectivity index (χ4n) is 3.14. The molecule has 162 valence electrons. The third-order valence-corrected chi connectivity index (χ3v) is 4.95. The summed E-state index contributed by atoms with van der Waals surface area (Å²) in [6, 6.07) is 6.02. The second kappa shape index (κ2) is 8.91. The Morgan fingerprint density at radius 1 is 1.23 bits per heavy atom. The molecule has 0 bridgehead atoms. The number of pyridine rings is 1. The summed E-state index contributed by atoms with van der Waals surface area (Å²) in [5.74, 6) is -1.32. The van der Waals surface area contributed by atoms with Gasteiger partial charge >= 0.3 is 12.1 Å². The number of hydrogen-bond acceptors (Lipinski definition) is 5. The van der Waals surface area contributed by atoms with E-state index in [0.717, 1.165) is 25.0 Å². The van der Waals surface area contributed by atoms with E-state index in [2.05, 4.69) is 4.98 Å². The van der Waals surface area contributed by atoms with E-state index in [4.69, 9.17) is 19.3 Å². The van der Waals surface area contributed by atoms with E-state index in [9.17, 15) is 18.0 Å². The van der Waals surface area contributed by atoms with Crippen molar-refractivity contribution in [3.63, 3.8) is 0 Å². The fraction of sp³-hybridized carbons (Fsp3) is 0.429. The molecule has 1 aliphatic rings. The minimum atomic E-state index is -4.76. The van der Waals surface area contributed by atoms with Crippen LogP contribution < -0.4 is 9.47 Å². The molecule has 0 unspecified atom stereocenters. The van der Waals surface area contributed by atoms with E-state index < -0.39 is 35.1 Å². The van der Waals surface area contributed by atoms with Crippen LogP contribution in [-0.4, -0.2) is 35.4 Å². The first-order valence-electron chi connectivity index (χ1n) is 9.47. The lowest BCUT2D eigenvalue weighted by Crippen LogP contribution is -2.38. The van der Waals surface area contributed by atoms with Gasteiger partial charge in [0.2, 0.25) is 0 Å². The van der Waals surface area contributed by atoms with E-state index in [1.807, 2.05) is 0 Å². The molecule has 1 aromatic carbocycles. The molecule has 2 aromatic rings. The SMILES string of the molecule is CC[C@@H](Oc1ccc(C(=O)O)cc1C(F)(F)F)c1ccc(O[C@H]2C[C@H](OC)C2)cn1. The second-order valence-electron chi connectivity index (χ2n) is 7.02. The van der Waals surface area contributed by atoms with E-state index in [1.165, 1.54) is 6.20 Å². The molecule has 1 aliphatic carbocycles. The fourth-order valence-corrected chi connectivity index (χ4v) is 3.14. The standard InChI is InChI=1S/C21H22F3NO5/c1-3-18(17-6-5-13(11-25-17)29-15-9-14(10-15)28-2)30-19-7-4-12(20(26)27)8-16(19)21(22,23)24/h4-8,11,14-15,18H,3,9-10H2,1-2H3,(H,26,27)/t14-,15-,18-/m1/s1. The van der Waals surface area contributed by atoms with E-state index in [0.29, 0.717) is 23.9 Å². The van der Waals surface area contributed by atoms with Gasteiger partial charge in [-0.15, -0.1) is 0 Å². The van der Waals surface area contributed by atoms with Crippen LogP contribution in [0.15, 0.2) is 36.5 Å².